The largest absolute Gasteiger partial charge is 0.481 e. The van der Waals surface area contributed by atoms with Gasteiger partial charge in [-0.1, -0.05) is 6.42 Å². The summed E-state index contributed by atoms with van der Waals surface area (Å²) in [5, 5.41) is 17.7. The average molecular weight is 258 g/mol. The van der Waals surface area contributed by atoms with Gasteiger partial charge in [-0.05, 0) is 24.7 Å². The van der Waals surface area contributed by atoms with E-state index in [-0.39, 0.29) is 24.7 Å². The first kappa shape index (κ1) is 14.5. The number of carbonyl (C=O) groups is 3. The molecule has 0 aromatic carbocycles. The Morgan fingerprint density at radius 3 is 1.83 bits per heavy atom. The van der Waals surface area contributed by atoms with Crippen molar-refractivity contribution in [1.29, 1.82) is 0 Å². The van der Waals surface area contributed by atoms with Gasteiger partial charge in [0.25, 0.3) is 0 Å². The Morgan fingerprint density at radius 2 is 1.50 bits per heavy atom. The Labute approximate surface area is 105 Å². The molecule has 0 radical (unpaired) electrons. The number of methoxy groups -OCH3 is 1. The average Bonchev–Trinajstić information content (AvgIpc) is 2.27. The van der Waals surface area contributed by atoms with Crippen LogP contribution in [0.5, 0.6) is 0 Å². The molecule has 0 amide bonds. The molecule has 1 saturated carbocycles. The number of aliphatic carboxylic acids is 2. The van der Waals surface area contributed by atoms with Crippen molar-refractivity contribution in [2.75, 3.05) is 7.11 Å². The van der Waals surface area contributed by atoms with Crippen molar-refractivity contribution in [3.63, 3.8) is 0 Å². The summed E-state index contributed by atoms with van der Waals surface area (Å²) in [6.07, 6.45) is 1.78. The molecule has 0 aromatic rings. The van der Waals surface area contributed by atoms with E-state index in [1.807, 2.05) is 0 Å². The van der Waals surface area contributed by atoms with Gasteiger partial charge in [-0.3, -0.25) is 14.4 Å². The first-order chi connectivity index (χ1) is 8.45. The molecule has 0 bridgehead atoms. The van der Waals surface area contributed by atoms with Gasteiger partial charge in [0, 0.05) is 12.8 Å². The van der Waals surface area contributed by atoms with Gasteiger partial charge in [-0.15, -0.1) is 0 Å². The van der Waals surface area contributed by atoms with Gasteiger partial charge in [0.15, 0.2) is 0 Å². The summed E-state index contributed by atoms with van der Waals surface area (Å²) in [4.78, 5) is 33.3. The maximum atomic E-state index is 11.7. The molecule has 0 saturated heterocycles. The Kier molecular flexibility index (Phi) is 5.12. The topological polar surface area (TPSA) is 101 Å². The lowest BCUT2D eigenvalue weighted by atomic mass is 9.69. The summed E-state index contributed by atoms with van der Waals surface area (Å²) in [6.45, 7) is 0. The highest BCUT2D eigenvalue weighted by Gasteiger charge is 2.40. The van der Waals surface area contributed by atoms with Crippen molar-refractivity contribution in [2.24, 2.45) is 17.8 Å². The van der Waals surface area contributed by atoms with Crippen LogP contribution in [0.15, 0.2) is 0 Å². The third-order valence-electron chi connectivity index (χ3n) is 3.51. The van der Waals surface area contributed by atoms with Crippen LogP contribution in [0.2, 0.25) is 0 Å². The summed E-state index contributed by atoms with van der Waals surface area (Å²) in [6, 6.07) is 0. The SMILES string of the molecule is COC(=O)C1[C@@H](CC(=O)O)CCC[C@H]1CC(=O)O. The monoisotopic (exact) mass is 258 g/mol. The molecule has 0 spiro atoms. The van der Waals surface area contributed by atoms with Crippen LogP contribution in [0.4, 0.5) is 0 Å². The second-order valence-electron chi connectivity index (χ2n) is 4.70. The number of ether oxygens (including phenoxy) is 1. The molecule has 2 N–H and O–H groups in total. The van der Waals surface area contributed by atoms with Crippen LogP contribution in [-0.4, -0.2) is 35.2 Å². The molecule has 1 unspecified atom stereocenters. The summed E-state index contributed by atoms with van der Waals surface area (Å²) in [5.74, 6) is -3.70. The third-order valence-corrected chi connectivity index (χ3v) is 3.51. The lowest BCUT2D eigenvalue weighted by molar-refractivity contribution is -0.154. The van der Waals surface area contributed by atoms with Crippen molar-refractivity contribution < 1.29 is 29.3 Å². The predicted octanol–water partition coefficient (Wildman–Crippen LogP) is 1.14. The number of hydrogen-bond acceptors (Lipinski definition) is 4. The maximum absolute atomic E-state index is 11.7. The fourth-order valence-electron chi connectivity index (χ4n) is 2.81. The smallest absolute Gasteiger partial charge is 0.309 e. The highest BCUT2D eigenvalue weighted by Crippen LogP contribution is 2.39. The minimum Gasteiger partial charge on any atom is -0.481 e. The van der Waals surface area contributed by atoms with Crippen molar-refractivity contribution in [3.05, 3.63) is 0 Å². The molecular weight excluding hydrogens is 240 g/mol. The predicted molar refractivity (Wildman–Crippen MR) is 60.8 cm³/mol. The van der Waals surface area contributed by atoms with Crippen LogP contribution in [0.1, 0.15) is 32.1 Å². The van der Waals surface area contributed by atoms with E-state index < -0.39 is 23.8 Å². The first-order valence-corrected chi connectivity index (χ1v) is 5.97. The Bertz CT molecular complexity index is 313. The van der Waals surface area contributed by atoms with E-state index in [0.29, 0.717) is 12.8 Å². The van der Waals surface area contributed by atoms with Crippen molar-refractivity contribution in [2.45, 2.75) is 32.1 Å². The number of carboxylic acid groups (broad SMARTS) is 2. The highest BCUT2D eigenvalue weighted by molar-refractivity contribution is 5.76. The Hall–Kier alpha value is -1.59. The zero-order valence-electron chi connectivity index (χ0n) is 10.3. The molecule has 6 nitrogen and oxygen atoms in total. The van der Waals surface area contributed by atoms with E-state index in [1.165, 1.54) is 7.11 Å². The molecule has 0 aromatic heterocycles. The van der Waals surface area contributed by atoms with E-state index in [4.69, 9.17) is 10.2 Å². The second-order valence-corrected chi connectivity index (χ2v) is 4.70. The number of carboxylic acids is 2. The molecule has 0 heterocycles. The summed E-state index contributed by atoms with van der Waals surface area (Å²) in [7, 11) is 1.24. The van der Waals surface area contributed by atoms with E-state index in [2.05, 4.69) is 4.74 Å². The fourth-order valence-corrected chi connectivity index (χ4v) is 2.81. The quantitative estimate of drug-likeness (QED) is 0.717. The highest BCUT2D eigenvalue weighted by atomic mass is 16.5. The molecule has 6 heteroatoms. The molecule has 102 valence electrons. The molecule has 18 heavy (non-hydrogen) atoms. The summed E-state index contributed by atoms with van der Waals surface area (Å²) in [5.41, 5.74) is 0. The number of carbonyl (C=O) groups excluding carboxylic acids is 1. The third kappa shape index (κ3) is 3.72. The van der Waals surface area contributed by atoms with Gasteiger partial charge in [-0.2, -0.15) is 0 Å². The zero-order chi connectivity index (χ0) is 13.7. The first-order valence-electron chi connectivity index (χ1n) is 5.97. The Balaban J connectivity index is 2.85. The summed E-state index contributed by atoms with van der Waals surface area (Å²) < 4.78 is 4.69. The molecule has 1 aliphatic rings. The number of rotatable bonds is 5. The lowest BCUT2D eigenvalue weighted by Gasteiger charge is -2.35. The van der Waals surface area contributed by atoms with Gasteiger partial charge in [-0.25, -0.2) is 0 Å². The van der Waals surface area contributed by atoms with Crippen LogP contribution in [0, 0.1) is 17.8 Å². The van der Waals surface area contributed by atoms with Crippen LogP contribution < -0.4 is 0 Å². The minimum atomic E-state index is -0.968. The Morgan fingerprint density at radius 1 is 1.06 bits per heavy atom. The van der Waals surface area contributed by atoms with E-state index >= 15 is 0 Å². The van der Waals surface area contributed by atoms with Crippen molar-refractivity contribution in [3.8, 4) is 0 Å². The molecule has 1 fully saturated rings. The molecular formula is C12H18O6. The van der Waals surface area contributed by atoms with E-state index in [9.17, 15) is 14.4 Å². The normalized spacial score (nSPS) is 27.5. The van der Waals surface area contributed by atoms with Gasteiger partial charge in [0.05, 0.1) is 13.0 Å². The molecule has 1 aliphatic carbocycles. The number of hydrogen-bond donors (Lipinski definition) is 2. The molecule has 3 atom stereocenters. The standard InChI is InChI=1S/C12H18O6/c1-18-12(17)11-7(5-9(13)14)3-2-4-8(11)6-10(15)16/h7-8,11H,2-6H2,1H3,(H,13,14)(H,15,16)/t7-,8+,11?. The van der Waals surface area contributed by atoms with Crippen LogP contribution >= 0.6 is 0 Å². The zero-order valence-corrected chi connectivity index (χ0v) is 10.3. The second kappa shape index (κ2) is 6.37. The van der Waals surface area contributed by atoms with Crippen LogP contribution in [0.3, 0.4) is 0 Å². The maximum Gasteiger partial charge on any atom is 0.309 e. The number of esters is 1. The minimum absolute atomic E-state index is 0.115. The van der Waals surface area contributed by atoms with E-state index in [1.54, 1.807) is 0 Å². The van der Waals surface area contributed by atoms with Gasteiger partial charge < -0.3 is 14.9 Å². The lowest BCUT2D eigenvalue weighted by Crippen LogP contribution is -2.37. The molecule has 0 aliphatic heterocycles. The fraction of sp³-hybridized carbons (Fsp3) is 0.750. The molecule has 1 rings (SSSR count). The van der Waals surface area contributed by atoms with Gasteiger partial charge in [0.1, 0.15) is 0 Å². The van der Waals surface area contributed by atoms with E-state index in [0.717, 1.165) is 6.42 Å². The summed E-state index contributed by atoms with van der Waals surface area (Å²) >= 11 is 0. The van der Waals surface area contributed by atoms with Gasteiger partial charge in [0.2, 0.25) is 0 Å². The van der Waals surface area contributed by atoms with Crippen molar-refractivity contribution >= 4 is 17.9 Å². The van der Waals surface area contributed by atoms with Gasteiger partial charge >= 0.3 is 17.9 Å². The van der Waals surface area contributed by atoms with Crippen molar-refractivity contribution in [1.82, 2.24) is 0 Å². The van der Waals surface area contributed by atoms with Crippen LogP contribution in [-0.2, 0) is 19.1 Å². The van der Waals surface area contributed by atoms with Crippen LogP contribution in [0.25, 0.3) is 0 Å².